The smallest absolute Gasteiger partial charge is 0.381 e. The summed E-state index contributed by atoms with van der Waals surface area (Å²) in [6, 6.07) is 9.18. The van der Waals surface area contributed by atoms with Crippen molar-refractivity contribution in [2.75, 3.05) is 13.7 Å². The molecule has 1 aromatic heterocycles. The predicted molar refractivity (Wildman–Crippen MR) is 87.3 cm³/mol. The van der Waals surface area contributed by atoms with Crippen LogP contribution in [-0.4, -0.2) is 44.0 Å². The summed E-state index contributed by atoms with van der Waals surface area (Å²) in [6.45, 7) is 1.52. The molecule has 128 valence electrons. The number of nitrogens with zero attached hydrogens (tertiary/aromatic N) is 4. The quantitative estimate of drug-likeness (QED) is 0.614. The molecule has 0 aliphatic heterocycles. The minimum atomic E-state index is -0.587. The molecule has 0 bridgehead atoms. The SMILES string of the molecule is Cc1nc([N+](=O)[O-])cn1CC(=O)N(C)C(CCO)c1ccccc1. The van der Waals surface area contributed by atoms with Crippen molar-refractivity contribution in [3.05, 3.63) is 58.0 Å². The first-order chi connectivity index (χ1) is 11.4. The first kappa shape index (κ1) is 17.6. The lowest BCUT2D eigenvalue weighted by molar-refractivity contribution is -0.389. The first-order valence-electron chi connectivity index (χ1n) is 7.53. The van der Waals surface area contributed by atoms with Crippen molar-refractivity contribution in [1.29, 1.82) is 0 Å². The Morgan fingerprint density at radius 2 is 2.08 bits per heavy atom. The highest BCUT2D eigenvalue weighted by molar-refractivity contribution is 5.76. The second-order valence-electron chi connectivity index (χ2n) is 5.47. The van der Waals surface area contributed by atoms with Gasteiger partial charge in [-0.05, 0) is 21.9 Å². The lowest BCUT2D eigenvalue weighted by Crippen LogP contribution is -2.34. The van der Waals surface area contributed by atoms with Crippen LogP contribution in [-0.2, 0) is 11.3 Å². The molecule has 0 aliphatic rings. The van der Waals surface area contributed by atoms with Crippen LogP contribution >= 0.6 is 0 Å². The zero-order chi connectivity index (χ0) is 17.7. The van der Waals surface area contributed by atoms with Gasteiger partial charge in [-0.3, -0.25) is 9.36 Å². The number of carbonyl (C=O) groups excluding carboxylic acids is 1. The van der Waals surface area contributed by atoms with Crippen LogP contribution in [0.5, 0.6) is 0 Å². The van der Waals surface area contributed by atoms with Crippen molar-refractivity contribution in [2.24, 2.45) is 0 Å². The summed E-state index contributed by atoms with van der Waals surface area (Å²) in [5, 5.41) is 20.1. The molecule has 0 spiro atoms. The molecule has 1 amide bonds. The number of likely N-dealkylation sites (N-methyl/N-ethyl adjacent to an activating group) is 1. The van der Waals surface area contributed by atoms with Gasteiger partial charge in [0.15, 0.2) is 0 Å². The number of aromatic nitrogens is 2. The number of amides is 1. The van der Waals surface area contributed by atoms with Crippen molar-refractivity contribution in [3.63, 3.8) is 0 Å². The lowest BCUT2D eigenvalue weighted by atomic mass is 10.0. The molecule has 8 heteroatoms. The zero-order valence-electron chi connectivity index (χ0n) is 13.6. The van der Waals surface area contributed by atoms with Crippen LogP contribution in [0.1, 0.15) is 23.9 Å². The highest BCUT2D eigenvalue weighted by Gasteiger charge is 2.23. The number of aliphatic hydroxyl groups is 1. The number of aryl methyl sites for hydroxylation is 1. The topological polar surface area (TPSA) is 102 Å². The van der Waals surface area contributed by atoms with Gasteiger partial charge in [-0.1, -0.05) is 30.3 Å². The second kappa shape index (κ2) is 7.69. The maximum atomic E-state index is 12.6. The summed E-state index contributed by atoms with van der Waals surface area (Å²) in [5.74, 6) is -0.0903. The molecule has 0 saturated heterocycles. The number of aliphatic hydroxyl groups excluding tert-OH is 1. The van der Waals surface area contributed by atoms with Crippen molar-refractivity contribution >= 4 is 11.7 Å². The standard InChI is InChI=1S/C16H20N4O4/c1-12-17-15(20(23)24)10-19(12)11-16(22)18(2)14(8-9-21)13-6-4-3-5-7-13/h3-7,10,14,21H,8-9,11H2,1-2H3. The molecule has 1 atom stereocenters. The van der Waals surface area contributed by atoms with Gasteiger partial charge in [0, 0.05) is 20.6 Å². The number of rotatable bonds is 7. The third-order valence-electron chi connectivity index (χ3n) is 3.90. The molecule has 1 unspecified atom stereocenters. The summed E-state index contributed by atoms with van der Waals surface area (Å²) in [6.07, 6.45) is 1.67. The summed E-state index contributed by atoms with van der Waals surface area (Å²) >= 11 is 0. The van der Waals surface area contributed by atoms with Crippen LogP contribution in [0.25, 0.3) is 0 Å². The fourth-order valence-electron chi connectivity index (χ4n) is 2.55. The third kappa shape index (κ3) is 3.96. The van der Waals surface area contributed by atoms with Crippen LogP contribution in [0.15, 0.2) is 36.5 Å². The fourth-order valence-corrected chi connectivity index (χ4v) is 2.55. The van der Waals surface area contributed by atoms with Crippen LogP contribution < -0.4 is 0 Å². The predicted octanol–water partition coefficient (Wildman–Crippen LogP) is 1.68. The minimum absolute atomic E-state index is 0.0437. The highest BCUT2D eigenvalue weighted by Crippen LogP contribution is 2.23. The molecule has 8 nitrogen and oxygen atoms in total. The number of hydrogen-bond donors (Lipinski definition) is 1. The van der Waals surface area contributed by atoms with Gasteiger partial charge in [-0.2, -0.15) is 0 Å². The first-order valence-corrected chi connectivity index (χ1v) is 7.53. The van der Waals surface area contributed by atoms with Gasteiger partial charge >= 0.3 is 5.82 Å². The van der Waals surface area contributed by atoms with Crippen LogP contribution in [0.2, 0.25) is 0 Å². The lowest BCUT2D eigenvalue weighted by Gasteiger charge is -2.28. The zero-order valence-corrected chi connectivity index (χ0v) is 13.6. The van der Waals surface area contributed by atoms with Gasteiger partial charge < -0.3 is 20.1 Å². The maximum absolute atomic E-state index is 12.6. The molecule has 0 radical (unpaired) electrons. The molecular weight excluding hydrogens is 312 g/mol. The van der Waals surface area contributed by atoms with Crippen molar-refractivity contribution in [3.8, 4) is 0 Å². The molecule has 0 aliphatic carbocycles. The van der Waals surface area contributed by atoms with Crippen molar-refractivity contribution in [2.45, 2.75) is 25.9 Å². The molecule has 0 fully saturated rings. The van der Waals surface area contributed by atoms with Gasteiger partial charge in [-0.15, -0.1) is 0 Å². The summed E-state index contributed by atoms with van der Waals surface area (Å²) < 4.78 is 1.46. The Hall–Kier alpha value is -2.74. The molecule has 1 heterocycles. The van der Waals surface area contributed by atoms with Gasteiger partial charge in [-0.25, -0.2) is 0 Å². The fraction of sp³-hybridized carbons (Fsp3) is 0.375. The maximum Gasteiger partial charge on any atom is 0.381 e. The monoisotopic (exact) mass is 332 g/mol. The van der Waals surface area contributed by atoms with Crippen molar-refractivity contribution < 1.29 is 14.8 Å². The highest BCUT2D eigenvalue weighted by atomic mass is 16.6. The van der Waals surface area contributed by atoms with E-state index < -0.39 is 4.92 Å². The molecular formula is C16H20N4O4. The number of imidazole rings is 1. The Labute approximate surface area is 139 Å². The van der Waals surface area contributed by atoms with E-state index in [9.17, 15) is 20.0 Å². The third-order valence-corrected chi connectivity index (χ3v) is 3.90. The van der Waals surface area contributed by atoms with Gasteiger partial charge in [0.05, 0.1) is 6.04 Å². The van der Waals surface area contributed by atoms with Crippen LogP contribution in [0, 0.1) is 17.0 Å². The minimum Gasteiger partial charge on any atom is -0.396 e. The van der Waals surface area contributed by atoms with E-state index in [1.54, 1.807) is 18.9 Å². The number of benzene rings is 1. The van der Waals surface area contributed by atoms with E-state index in [0.29, 0.717) is 12.2 Å². The van der Waals surface area contributed by atoms with E-state index in [1.807, 2.05) is 30.3 Å². The van der Waals surface area contributed by atoms with E-state index in [-0.39, 0.29) is 30.9 Å². The van der Waals surface area contributed by atoms with Gasteiger partial charge in [0.25, 0.3) is 0 Å². The second-order valence-corrected chi connectivity index (χ2v) is 5.47. The summed E-state index contributed by atoms with van der Waals surface area (Å²) in [5.41, 5.74) is 0.927. The Morgan fingerprint density at radius 1 is 1.42 bits per heavy atom. The van der Waals surface area contributed by atoms with E-state index in [2.05, 4.69) is 4.98 Å². The molecule has 1 N–H and O–H groups in total. The number of carbonyl (C=O) groups is 1. The number of hydrogen-bond acceptors (Lipinski definition) is 5. The summed E-state index contributed by atoms with van der Waals surface area (Å²) in [7, 11) is 1.66. The van der Waals surface area contributed by atoms with Gasteiger partial charge in [0.1, 0.15) is 12.7 Å². The van der Waals surface area contributed by atoms with E-state index in [1.165, 1.54) is 10.8 Å². The normalized spacial score (nSPS) is 12.0. The number of nitro groups is 1. The molecule has 2 aromatic rings. The Bertz CT molecular complexity index is 714. The largest absolute Gasteiger partial charge is 0.396 e. The average Bonchev–Trinajstić information content (AvgIpc) is 2.94. The van der Waals surface area contributed by atoms with E-state index in [0.717, 1.165) is 5.56 Å². The Morgan fingerprint density at radius 3 is 2.62 bits per heavy atom. The Kier molecular flexibility index (Phi) is 5.64. The molecule has 0 saturated carbocycles. The van der Waals surface area contributed by atoms with Crippen molar-refractivity contribution in [1.82, 2.24) is 14.5 Å². The average molecular weight is 332 g/mol. The van der Waals surface area contributed by atoms with Crippen LogP contribution in [0.3, 0.4) is 0 Å². The molecule has 1 aromatic carbocycles. The molecule has 24 heavy (non-hydrogen) atoms. The van der Waals surface area contributed by atoms with E-state index >= 15 is 0 Å². The molecule has 2 rings (SSSR count). The summed E-state index contributed by atoms with van der Waals surface area (Å²) in [4.78, 5) is 28.1. The van der Waals surface area contributed by atoms with Crippen LogP contribution in [0.4, 0.5) is 5.82 Å². The van der Waals surface area contributed by atoms with Gasteiger partial charge in [0.2, 0.25) is 11.7 Å². The van der Waals surface area contributed by atoms with E-state index in [4.69, 9.17) is 0 Å². The Balaban J connectivity index is 2.16.